The van der Waals surface area contributed by atoms with Crippen molar-refractivity contribution in [2.75, 3.05) is 5.73 Å². The maximum absolute atomic E-state index is 5.77. The van der Waals surface area contributed by atoms with Crippen LogP contribution in [0.2, 0.25) is 0 Å². The summed E-state index contributed by atoms with van der Waals surface area (Å²) in [6.45, 7) is 2.01. The zero-order valence-corrected chi connectivity index (χ0v) is 8.71. The number of anilines is 1. The lowest BCUT2D eigenvalue weighted by Crippen LogP contribution is -1.99. The van der Waals surface area contributed by atoms with E-state index in [9.17, 15) is 0 Å². The average Bonchev–Trinajstić information content (AvgIpc) is 2.64. The standard InChI is InChI=1S/C10H11N3S/c1-7-4-8(10(11)13-6-7)5-9-12-2-3-14-9/h2-4,6H,5H2,1H3,(H2,11,13). The molecule has 0 bridgehead atoms. The first-order chi connectivity index (χ1) is 6.75. The molecule has 0 saturated carbocycles. The normalized spacial score (nSPS) is 10.4. The van der Waals surface area contributed by atoms with Crippen molar-refractivity contribution >= 4 is 17.2 Å². The molecule has 0 aliphatic heterocycles. The van der Waals surface area contributed by atoms with Gasteiger partial charge in [0.15, 0.2) is 0 Å². The highest BCUT2D eigenvalue weighted by atomic mass is 32.1. The number of aryl methyl sites for hydroxylation is 1. The number of rotatable bonds is 2. The van der Waals surface area contributed by atoms with E-state index in [2.05, 4.69) is 16.0 Å². The summed E-state index contributed by atoms with van der Waals surface area (Å²) < 4.78 is 0. The minimum Gasteiger partial charge on any atom is -0.383 e. The third-order valence-electron chi connectivity index (χ3n) is 1.96. The molecule has 0 amide bonds. The van der Waals surface area contributed by atoms with Gasteiger partial charge < -0.3 is 5.73 Å². The second kappa shape index (κ2) is 3.75. The minimum atomic E-state index is 0.603. The molecule has 0 fully saturated rings. The minimum absolute atomic E-state index is 0.603. The van der Waals surface area contributed by atoms with E-state index in [1.165, 1.54) is 0 Å². The van der Waals surface area contributed by atoms with Crippen LogP contribution in [0, 0.1) is 6.92 Å². The predicted molar refractivity (Wildman–Crippen MR) is 58.3 cm³/mol. The smallest absolute Gasteiger partial charge is 0.126 e. The van der Waals surface area contributed by atoms with Gasteiger partial charge >= 0.3 is 0 Å². The lowest BCUT2D eigenvalue weighted by atomic mass is 10.1. The van der Waals surface area contributed by atoms with E-state index in [-0.39, 0.29) is 0 Å². The molecule has 0 radical (unpaired) electrons. The summed E-state index contributed by atoms with van der Waals surface area (Å²) in [6.07, 6.45) is 4.36. The summed E-state index contributed by atoms with van der Waals surface area (Å²) in [5.41, 5.74) is 7.96. The van der Waals surface area contributed by atoms with Gasteiger partial charge in [0.2, 0.25) is 0 Å². The molecular weight excluding hydrogens is 194 g/mol. The van der Waals surface area contributed by atoms with Crippen LogP contribution >= 0.6 is 11.3 Å². The Labute approximate surface area is 86.6 Å². The summed E-state index contributed by atoms with van der Waals surface area (Å²) in [7, 11) is 0. The number of hydrogen-bond donors (Lipinski definition) is 1. The lowest BCUT2D eigenvalue weighted by Gasteiger charge is -2.03. The van der Waals surface area contributed by atoms with Crippen LogP contribution in [0.15, 0.2) is 23.8 Å². The molecule has 4 heteroatoms. The van der Waals surface area contributed by atoms with Crippen molar-refractivity contribution in [3.8, 4) is 0 Å². The lowest BCUT2D eigenvalue weighted by molar-refractivity contribution is 1.10. The molecule has 0 aliphatic carbocycles. The predicted octanol–water partition coefficient (Wildman–Crippen LogP) is 2.02. The maximum atomic E-state index is 5.77. The third kappa shape index (κ3) is 1.90. The number of nitrogen functional groups attached to an aromatic ring is 1. The van der Waals surface area contributed by atoms with Gasteiger partial charge in [-0.25, -0.2) is 9.97 Å². The molecule has 0 spiro atoms. The molecule has 0 unspecified atom stereocenters. The Morgan fingerprint density at radius 2 is 2.29 bits per heavy atom. The summed E-state index contributed by atoms with van der Waals surface area (Å²) in [4.78, 5) is 8.33. The van der Waals surface area contributed by atoms with E-state index in [1.807, 2.05) is 12.3 Å². The number of hydrogen-bond acceptors (Lipinski definition) is 4. The van der Waals surface area contributed by atoms with E-state index in [1.54, 1.807) is 23.7 Å². The second-order valence-electron chi connectivity index (χ2n) is 3.16. The molecule has 2 heterocycles. The van der Waals surface area contributed by atoms with Crippen molar-refractivity contribution in [1.82, 2.24) is 9.97 Å². The first-order valence-corrected chi connectivity index (χ1v) is 5.23. The number of pyridine rings is 1. The van der Waals surface area contributed by atoms with Gasteiger partial charge in [0, 0.05) is 29.8 Å². The summed E-state index contributed by atoms with van der Waals surface area (Å²) in [5.74, 6) is 0.603. The highest BCUT2D eigenvalue weighted by Crippen LogP contribution is 2.16. The fourth-order valence-corrected chi connectivity index (χ4v) is 1.92. The summed E-state index contributed by atoms with van der Waals surface area (Å²) in [6, 6.07) is 2.06. The van der Waals surface area contributed by atoms with Crippen LogP contribution in [0.5, 0.6) is 0 Å². The Kier molecular flexibility index (Phi) is 2.45. The van der Waals surface area contributed by atoms with Crippen LogP contribution in [0.25, 0.3) is 0 Å². The van der Waals surface area contributed by atoms with Crippen molar-refractivity contribution in [2.24, 2.45) is 0 Å². The largest absolute Gasteiger partial charge is 0.383 e. The van der Waals surface area contributed by atoms with Crippen LogP contribution < -0.4 is 5.73 Å². The number of nitrogens with zero attached hydrogens (tertiary/aromatic N) is 2. The molecule has 2 N–H and O–H groups in total. The third-order valence-corrected chi connectivity index (χ3v) is 2.74. The molecule has 0 aromatic carbocycles. The van der Waals surface area contributed by atoms with Crippen LogP contribution in [-0.4, -0.2) is 9.97 Å². The van der Waals surface area contributed by atoms with Crippen LogP contribution in [0.4, 0.5) is 5.82 Å². The molecular formula is C10H11N3S. The first-order valence-electron chi connectivity index (χ1n) is 4.35. The average molecular weight is 205 g/mol. The van der Waals surface area contributed by atoms with Gasteiger partial charge in [-0.05, 0) is 12.5 Å². The highest BCUT2D eigenvalue weighted by Gasteiger charge is 2.03. The van der Waals surface area contributed by atoms with Gasteiger partial charge in [-0.2, -0.15) is 0 Å². The van der Waals surface area contributed by atoms with Gasteiger partial charge in [-0.15, -0.1) is 11.3 Å². The van der Waals surface area contributed by atoms with E-state index in [0.29, 0.717) is 5.82 Å². The highest BCUT2D eigenvalue weighted by molar-refractivity contribution is 7.09. The van der Waals surface area contributed by atoms with E-state index >= 15 is 0 Å². The fourth-order valence-electron chi connectivity index (χ4n) is 1.29. The van der Waals surface area contributed by atoms with Crippen LogP contribution in [0.1, 0.15) is 16.1 Å². The fraction of sp³-hybridized carbons (Fsp3) is 0.200. The van der Waals surface area contributed by atoms with E-state index in [4.69, 9.17) is 5.73 Å². The van der Waals surface area contributed by atoms with Crippen LogP contribution in [-0.2, 0) is 6.42 Å². The van der Waals surface area contributed by atoms with Crippen molar-refractivity contribution < 1.29 is 0 Å². The van der Waals surface area contributed by atoms with Crippen molar-refractivity contribution in [1.29, 1.82) is 0 Å². The zero-order chi connectivity index (χ0) is 9.97. The molecule has 2 aromatic heterocycles. The monoisotopic (exact) mass is 205 g/mol. The Hall–Kier alpha value is -1.42. The number of thiazole rings is 1. The number of nitrogens with two attached hydrogens (primary N) is 1. The van der Waals surface area contributed by atoms with Gasteiger partial charge in [0.25, 0.3) is 0 Å². The van der Waals surface area contributed by atoms with E-state index < -0.39 is 0 Å². The van der Waals surface area contributed by atoms with Crippen molar-refractivity contribution in [2.45, 2.75) is 13.3 Å². The first kappa shape index (κ1) is 9.15. The topological polar surface area (TPSA) is 51.8 Å². The Bertz CT molecular complexity index is 423. The van der Waals surface area contributed by atoms with Crippen LogP contribution in [0.3, 0.4) is 0 Å². The molecule has 3 nitrogen and oxygen atoms in total. The Morgan fingerprint density at radius 1 is 1.43 bits per heavy atom. The molecule has 72 valence electrons. The van der Waals surface area contributed by atoms with Gasteiger partial charge in [-0.1, -0.05) is 6.07 Å². The van der Waals surface area contributed by atoms with Crippen molar-refractivity contribution in [3.63, 3.8) is 0 Å². The van der Waals surface area contributed by atoms with Gasteiger partial charge in [-0.3, -0.25) is 0 Å². The molecule has 0 atom stereocenters. The SMILES string of the molecule is Cc1cnc(N)c(Cc2nccs2)c1. The molecule has 14 heavy (non-hydrogen) atoms. The molecule has 0 saturated heterocycles. The van der Waals surface area contributed by atoms with E-state index in [0.717, 1.165) is 22.6 Å². The van der Waals surface area contributed by atoms with Gasteiger partial charge in [0.05, 0.1) is 5.01 Å². The molecule has 2 aromatic rings. The van der Waals surface area contributed by atoms with Gasteiger partial charge in [0.1, 0.15) is 5.82 Å². The Morgan fingerprint density at radius 3 is 3.00 bits per heavy atom. The molecule has 0 aliphatic rings. The summed E-state index contributed by atoms with van der Waals surface area (Å²) >= 11 is 1.64. The number of aromatic nitrogens is 2. The molecule has 2 rings (SSSR count). The summed E-state index contributed by atoms with van der Waals surface area (Å²) in [5, 5.41) is 3.04. The quantitative estimate of drug-likeness (QED) is 0.816. The van der Waals surface area contributed by atoms with Crippen molar-refractivity contribution in [3.05, 3.63) is 40.0 Å². The maximum Gasteiger partial charge on any atom is 0.126 e. The Balaban J connectivity index is 2.28. The zero-order valence-electron chi connectivity index (χ0n) is 7.90. The second-order valence-corrected chi connectivity index (χ2v) is 4.14.